The lowest BCUT2D eigenvalue weighted by atomic mass is 10.1. The molecule has 1 N–H and O–H groups in total. The van der Waals surface area contributed by atoms with Crippen molar-refractivity contribution in [1.82, 2.24) is 5.32 Å². The van der Waals surface area contributed by atoms with Gasteiger partial charge in [0.25, 0.3) is 5.91 Å². The van der Waals surface area contributed by atoms with Crippen LogP contribution in [0.15, 0.2) is 22.7 Å². The van der Waals surface area contributed by atoms with Gasteiger partial charge in [0.1, 0.15) is 0 Å². The summed E-state index contributed by atoms with van der Waals surface area (Å²) in [5, 5.41) is 2.99. The molecule has 0 saturated heterocycles. The fraction of sp³-hybridized carbons (Fsp3) is 0.462. The summed E-state index contributed by atoms with van der Waals surface area (Å²) in [5.74, 6) is 0.00495. The maximum absolute atomic E-state index is 11.9. The van der Waals surface area contributed by atoms with E-state index in [0.29, 0.717) is 0 Å². The molecule has 0 fully saturated rings. The molecule has 0 saturated carbocycles. The fourth-order valence-electron chi connectivity index (χ4n) is 1.68. The predicted octanol–water partition coefficient (Wildman–Crippen LogP) is 3.68. The van der Waals surface area contributed by atoms with Gasteiger partial charge in [0.05, 0.1) is 0 Å². The Morgan fingerprint density at radius 3 is 2.69 bits per heavy atom. The molecule has 0 aliphatic carbocycles. The van der Waals surface area contributed by atoms with Gasteiger partial charge in [-0.1, -0.05) is 29.3 Å². The minimum Gasteiger partial charge on any atom is -0.350 e. The maximum atomic E-state index is 11.9. The van der Waals surface area contributed by atoms with Crippen LogP contribution in [-0.4, -0.2) is 11.9 Å². The van der Waals surface area contributed by atoms with Crippen LogP contribution in [0.4, 0.5) is 0 Å². The first-order valence-corrected chi connectivity index (χ1v) is 6.40. The quantitative estimate of drug-likeness (QED) is 0.898. The zero-order valence-electron chi connectivity index (χ0n) is 10.0. The SMILES string of the molecule is CCCC(C)NC(=O)c1cc(C)cc(Br)c1. The molecule has 0 spiro atoms. The molecule has 1 aromatic rings. The van der Waals surface area contributed by atoms with Gasteiger partial charge < -0.3 is 5.32 Å². The van der Waals surface area contributed by atoms with Crippen LogP contribution in [-0.2, 0) is 0 Å². The van der Waals surface area contributed by atoms with E-state index in [2.05, 4.69) is 28.2 Å². The second kappa shape index (κ2) is 6.04. The van der Waals surface area contributed by atoms with Crippen molar-refractivity contribution in [3.05, 3.63) is 33.8 Å². The van der Waals surface area contributed by atoms with Crippen molar-refractivity contribution in [3.63, 3.8) is 0 Å². The third-order valence-electron chi connectivity index (χ3n) is 2.40. The number of hydrogen-bond donors (Lipinski definition) is 1. The lowest BCUT2D eigenvalue weighted by molar-refractivity contribution is 0.0938. The molecule has 1 rings (SSSR count). The molecule has 1 amide bonds. The lowest BCUT2D eigenvalue weighted by Gasteiger charge is -2.13. The maximum Gasteiger partial charge on any atom is 0.251 e. The normalized spacial score (nSPS) is 12.2. The van der Waals surface area contributed by atoms with Crippen LogP contribution in [0.1, 0.15) is 42.6 Å². The summed E-state index contributed by atoms with van der Waals surface area (Å²) in [6.07, 6.45) is 2.09. The Kier molecular flexibility index (Phi) is 5.00. The molecular formula is C13H18BrNO. The molecular weight excluding hydrogens is 266 g/mol. The van der Waals surface area contributed by atoms with E-state index in [9.17, 15) is 4.79 Å². The van der Waals surface area contributed by atoms with Crippen LogP contribution in [0.5, 0.6) is 0 Å². The van der Waals surface area contributed by atoms with Crippen LogP contribution in [0.2, 0.25) is 0 Å². The molecule has 0 bridgehead atoms. The van der Waals surface area contributed by atoms with E-state index in [4.69, 9.17) is 0 Å². The van der Waals surface area contributed by atoms with E-state index in [1.807, 2.05) is 32.0 Å². The van der Waals surface area contributed by atoms with E-state index in [0.717, 1.165) is 28.4 Å². The third-order valence-corrected chi connectivity index (χ3v) is 2.86. The van der Waals surface area contributed by atoms with Gasteiger partial charge in [-0.25, -0.2) is 0 Å². The number of aryl methyl sites for hydroxylation is 1. The van der Waals surface area contributed by atoms with Crippen molar-refractivity contribution in [2.75, 3.05) is 0 Å². The molecule has 1 unspecified atom stereocenters. The van der Waals surface area contributed by atoms with Gasteiger partial charge >= 0.3 is 0 Å². The second-order valence-electron chi connectivity index (χ2n) is 4.18. The second-order valence-corrected chi connectivity index (χ2v) is 5.10. The monoisotopic (exact) mass is 283 g/mol. The van der Waals surface area contributed by atoms with Crippen LogP contribution < -0.4 is 5.32 Å². The van der Waals surface area contributed by atoms with Crippen LogP contribution in [0.25, 0.3) is 0 Å². The van der Waals surface area contributed by atoms with E-state index in [1.54, 1.807) is 0 Å². The fourth-order valence-corrected chi connectivity index (χ4v) is 2.29. The zero-order valence-corrected chi connectivity index (χ0v) is 11.6. The van der Waals surface area contributed by atoms with Crippen molar-refractivity contribution in [1.29, 1.82) is 0 Å². The summed E-state index contributed by atoms with van der Waals surface area (Å²) in [4.78, 5) is 11.9. The summed E-state index contributed by atoms with van der Waals surface area (Å²) < 4.78 is 0.945. The van der Waals surface area contributed by atoms with Crippen LogP contribution in [0, 0.1) is 6.92 Å². The van der Waals surface area contributed by atoms with Crippen molar-refractivity contribution >= 4 is 21.8 Å². The Balaban J connectivity index is 2.72. The molecule has 0 aliphatic heterocycles. The number of halogens is 1. The molecule has 0 aromatic heterocycles. The van der Waals surface area contributed by atoms with Gasteiger partial charge in [-0.3, -0.25) is 4.79 Å². The van der Waals surface area contributed by atoms with Gasteiger partial charge in [0, 0.05) is 16.1 Å². The Bertz CT molecular complexity index is 356. The molecule has 0 aliphatic rings. The number of hydrogen-bond acceptors (Lipinski definition) is 1. The van der Waals surface area contributed by atoms with Crippen LogP contribution in [0.3, 0.4) is 0 Å². The summed E-state index contributed by atoms with van der Waals surface area (Å²) in [5.41, 5.74) is 1.80. The van der Waals surface area contributed by atoms with E-state index in [1.165, 1.54) is 0 Å². The largest absolute Gasteiger partial charge is 0.350 e. The average molecular weight is 284 g/mol. The smallest absolute Gasteiger partial charge is 0.251 e. The van der Waals surface area contributed by atoms with Crippen molar-refractivity contribution in [3.8, 4) is 0 Å². The molecule has 1 atom stereocenters. The number of benzene rings is 1. The van der Waals surface area contributed by atoms with Gasteiger partial charge in [0.15, 0.2) is 0 Å². The molecule has 0 heterocycles. The van der Waals surface area contributed by atoms with Crippen molar-refractivity contribution < 1.29 is 4.79 Å². The van der Waals surface area contributed by atoms with Gasteiger partial charge in [-0.05, 0) is 44.0 Å². The summed E-state index contributed by atoms with van der Waals surface area (Å²) in [7, 11) is 0. The van der Waals surface area contributed by atoms with Crippen molar-refractivity contribution in [2.24, 2.45) is 0 Å². The first-order valence-electron chi connectivity index (χ1n) is 5.61. The molecule has 2 nitrogen and oxygen atoms in total. The zero-order chi connectivity index (χ0) is 12.1. The van der Waals surface area contributed by atoms with E-state index >= 15 is 0 Å². The summed E-state index contributed by atoms with van der Waals surface area (Å²) >= 11 is 3.40. The highest BCUT2D eigenvalue weighted by atomic mass is 79.9. The number of carbonyl (C=O) groups is 1. The number of carbonyl (C=O) groups excluding carboxylic acids is 1. The lowest BCUT2D eigenvalue weighted by Crippen LogP contribution is -2.32. The third kappa shape index (κ3) is 3.97. The molecule has 88 valence electrons. The summed E-state index contributed by atoms with van der Waals surface area (Å²) in [6.45, 7) is 6.13. The Morgan fingerprint density at radius 1 is 1.44 bits per heavy atom. The number of rotatable bonds is 4. The Labute approximate surface area is 106 Å². The van der Waals surface area contributed by atoms with Gasteiger partial charge in [0.2, 0.25) is 0 Å². The molecule has 1 aromatic carbocycles. The minimum atomic E-state index is 0.00495. The minimum absolute atomic E-state index is 0.00495. The van der Waals surface area contributed by atoms with Crippen LogP contribution >= 0.6 is 15.9 Å². The standard InChI is InChI=1S/C13H18BrNO/c1-4-5-10(3)15-13(16)11-6-9(2)7-12(14)8-11/h6-8,10H,4-5H2,1-3H3,(H,15,16). The van der Waals surface area contributed by atoms with Gasteiger partial charge in [-0.15, -0.1) is 0 Å². The average Bonchev–Trinajstić information content (AvgIpc) is 2.16. The van der Waals surface area contributed by atoms with Crippen molar-refractivity contribution in [2.45, 2.75) is 39.7 Å². The molecule has 3 heteroatoms. The number of amides is 1. The first-order chi connectivity index (χ1) is 7.52. The van der Waals surface area contributed by atoms with Gasteiger partial charge in [-0.2, -0.15) is 0 Å². The van der Waals surface area contributed by atoms with E-state index in [-0.39, 0.29) is 11.9 Å². The number of nitrogens with one attached hydrogen (secondary N) is 1. The highest BCUT2D eigenvalue weighted by Crippen LogP contribution is 2.15. The highest BCUT2D eigenvalue weighted by Gasteiger charge is 2.09. The first kappa shape index (κ1) is 13.2. The topological polar surface area (TPSA) is 29.1 Å². The van der Waals surface area contributed by atoms with E-state index < -0.39 is 0 Å². The Hall–Kier alpha value is -0.830. The summed E-state index contributed by atoms with van der Waals surface area (Å²) in [6, 6.07) is 5.98. The predicted molar refractivity (Wildman–Crippen MR) is 70.7 cm³/mol. The molecule has 16 heavy (non-hydrogen) atoms. The highest BCUT2D eigenvalue weighted by molar-refractivity contribution is 9.10. The Morgan fingerprint density at radius 2 is 2.12 bits per heavy atom. The molecule has 0 radical (unpaired) electrons.